The van der Waals surface area contributed by atoms with Gasteiger partial charge in [0.15, 0.2) is 0 Å². The van der Waals surface area contributed by atoms with Crippen LogP contribution in [0.15, 0.2) is 0 Å². The predicted molar refractivity (Wildman–Crippen MR) is 71.7 cm³/mol. The van der Waals surface area contributed by atoms with E-state index in [1.165, 1.54) is 51.4 Å². The monoisotopic (exact) mass is 229 g/mol. The molecule has 0 spiro atoms. The molecule has 0 saturated heterocycles. The van der Waals surface area contributed by atoms with Gasteiger partial charge < -0.3 is 10.5 Å². The largest absolute Gasteiger partial charge is 0.381 e. The van der Waals surface area contributed by atoms with E-state index in [1.54, 1.807) is 0 Å². The van der Waals surface area contributed by atoms with E-state index >= 15 is 0 Å². The molecule has 0 aromatic carbocycles. The summed E-state index contributed by atoms with van der Waals surface area (Å²) in [5, 5.41) is 0. The highest BCUT2D eigenvalue weighted by Gasteiger charge is 2.05. The topological polar surface area (TPSA) is 35.2 Å². The summed E-state index contributed by atoms with van der Waals surface area (Å²) in [6.45, 7) is 3.05. The van der Waals surface area contributed by atoms with Crippen LogP contribution < -0.4 is 5.73 Å². The highest BCUT2D eigenvalue weighted by molar-refractivity contribution is 4.59. The summed E-state index contributed by atoms with van der Waals surface area (Å²) < 4.78 is 5.44. The molecule has 0 aromatic heterocycles. The molecule has 0 aliphatic heterocycles. The molecule has 16 heavy (non-hydrogen) atoms. The van der Waals surface area contributed by atoms with Crippen LogP contribution >= 0.6 is 0 Å². The van der Waals surface area contributed by atoms with Crippen molar-refractivity contribution in [2.75, 3.05) is 13.7 Å². The number of nitrogens with two attached hydrogens (primary N) is 1. The highest BCUT2D eigenvalue weighted by atomic mass is 16.5. The minimum absolute atomic E-state index is 0.444. The summed E-state index contributed by atoms with van der Waals surface area (Å²) in [5.74, 6) is 0. The Morgan fingerprint density at radius 3 is 2.00 bits per heavy atom. The summed E-state index contributed by atoms with van der Waals surface area (Å²) in [6, 6.07) is 0. The number of unbranched alkanes of at least 4 members (excludes halogenated alkanes) is 6. The first-order valence-electron chi connectivity index (χ1n) is 7.08. The number of hydrogen-bond acceptors (Lipinski definition) is 2. The van der Waals surface area contributed by atoms with Crippen LogP contribution in [0.5, 0.6) is 0 Å². The molecule has 0 saturated carbocycles. The van der Waals surface area contributed by atoms with Crippen LogP contribution in [0.1, 0.15) is 71.1 Å². The van der Waals surface area contributed by atoms with Crippen molar-refractivity contribution in [1.82, 2.24) is 0 Å². The maximum atomic E-state index is 5.50. The minimum atomic E-state index is 0.444. The Balaban J connectivity index is 3.20. The zero-order valence-electron chi connectivity index (χ0n) is 11.3. The van der Waals surface area contributed by atoms with E-state index in [9.17, 15) is 0 Å². The summed E-state index contributed by atoms with van der Waals surface area (Å²) in [6.07, 6.45) is 13.5. The lowest BCUT2D eigenvalue weighted by atomic mass is 10.0. The van der Waals surface area contributed by atoms with Gasteiger partial charge in [0.25, 0.3) is 0 Å². The van der Waals surface area contributed by atoms with E-state index in [0.717, 1.165) is 19.4 Å². The molecule has 0 amide bonds. The molecule has 0 rings (SSSR count). The molecule has 0 radical (unpaired) electrons. The average Bonchev–Trinajstić information content (AvgIpc) is 2.32. The lowest BCUT2D eigenvalue weighted by Gasteiger charge is -2.14. The first-order valence-corrected chi connectivity index (χ1v) is 7.08. The smallest absolute Gasteiger partial charge is 0.0571 e. The molecule has 0 aliphatic carbocycles. The van der Waals surface area contributed by atoms with Gasteiger partial charge in [-0.1, -0.05) is 51.9 Å². The maximum absolute atomic E-state index is 5.50. The fourth-order valence-corrected chi connectivity index (χ4v) is 2.05. The summed E-state index contributed by atoms with van der Waals surface area (Å²) in [4.78, 5) is 0. The number of rotatable bonds is 12. The normalized spacial score (nSPS) is 12.9. The Hall–Kier alpha value is -0.0800. The summed E-state index contributed by atoms with van der Waals surface area (Å²) in [5.41, 5.74) is 5.50. The SMILES string of the molecule is CCCCCCCCCC(CCCN)OC. The molecule has 0 aromatic rings. The molecule has 0 bridgehead atoms. The van der Waals surface area contributed by atoms with Crippen LogP contribution in [0.2, 0.25) is 0 Å². The number of ether oxygens (including phenoxy) is 1. The minimum Gasteiger partial charge on any atom is -0.381 e. The van der Waals surface area contributed by atoms with Crippen molar-refractivity contribution < 1.29 is 4.74 Å². The van der Waals surface area contributed by atoms with Gasteiger partial charge in [0.2, 0.25) is 0 Å². The second kappa shape index (κ2) is 13.0. The van der Waals surface area contributed by atoms with Crippen LogP contribution in [-0.4, -0.2) is 19.8 Å². The molecule has 2 N–H and O–H groups in total. The van der Waals surface area contributed by atoms with Gasteiger partial charge in [-0.2, -0.15) is 0 Å². The molecule has 1 unspecified atom stereocenters. The van der Waals surface area contributed by atoms with E-state index in [2.05, 4.69) is 6.92 Å². The highest BCUT2D eigenvalue weighted by Crippen LogP contribution is 2.13. The van der Waals surface area contributed by atoms with Crippen LogP contribution in [-0.2, 0) is 4.74 Å². The van der Waals surface area contributed by atoms with Gasteiger partial charge in [-0.05, 0) is 25.8 Å². The second-order valence-electron chi connectivity index (χ2n) is 4.70. The quantitative estimate of drug-likeness (QED) is 0.515. The molecule has 2 heteroatoms. The van der Waals surface area contributed by atoms with Gasteiger partial charge in [-0.15, -0.1) is 0 Å². The van der Waals surface area contributed by atoms with E-state index < -0.39 is 0 Å². The van der Waals surface area contributed by atoms with E-state index in [0.29, 0.717) is 6.10 Å². The molecular formula is C14H31NO. The van der Waals surface area contributed by atoms with Gasteiger partial charge in [0.05, 0.1) is 6.10 Å². The van der Waals surface area contributed by atoms with Crippen molar-refractivity contribution in [3.63, 3.8) is 0 Å². The van der Waals surface area contributed by atoms with Crippen LogP contribution in [0.25, 0.3) is 0 Å². The fraction of sp³-hybridized carbons (Fsp3) is 1.00. The van der Waals surface area contributed by atoms with Gasteiger partial charge in [0.1, 0.15) is 0 Å². The molecule has 98 valence electrons. The van der Waals surface area contributed by atoms with Crippen molar-refractivity contribution in [3.05, 3.63) is 0 Å². The Kier molecular flexibility index (Phi) is 12.9. The molecule has 0 heterocycles. The molecule has 2 nitrogen and oxygen atoms in total. The van der Waals surface area contributed by atoms with Crippen LogP contribution in [0.4, 0.5) is 0 Å². The predicted octanol–water partition coefficient (Wildman–Crippen LogP) is 3.88. The van der Waals surface area contributed by atoms with Crippen molar-refractivity contribution in [2.24, 2.45) is 5.73 Å². The van der Waals surface area contributed by atoms with Gasteiger partial charge in [0, 0.05) is 7.11 Å². The molecule has 1 atom stereocenters. The van der Waals surface area contributed by atoms with E-state index in [-0.39, 0.29) is 0 Å². The summed E-state index contributed by atoms with van der Waals surface area (Å²) in [7, 11) is 1.82. The van der Waals surface area contributed by atoms with Crippen molar-refractivity contribution in [2.45, 2.75) is 77.2 Å². The van der Waals surface area contributed by atoms with Crippen molar-refractivity contribution in [3.8, 4) is 0 Å². The zero-order valence-corrected chi connectivity index (χ0v) is 11.3. The van der Waals surface area contributed by atoms with E-state index in [1.807, 2.05) is 7.11 Å². The Morgan fingerprint density at radius 1 is 0.875 bits per heavy atom. The third-order valence-electron chi connectivity index (χ3n) is 3.19. The van der Waals surface area contributed by atoms with Gasteiger partial charge in [-0.3, -0.25) is 0 Å². The fourth-order valence-electron chi connectivity index (χ4n) is 2.05. The van der Waals surface area contributed by atoms with E-state index in [4.69, 9.17) is 10.5 Å². The number of methoxy groups -OCH3 is 1. The summed E-state index contributed by atoms with van der Waals surface area (Å²) >= 11 is 0. The standard InChI is InChI=1S/C14H31NO/c1-3-4-5-6-7-8-9-11-14(16-2)12-10-13-15/h14H,3-13,15H2,1-2H3. The Labute approximate surface area is 102 Å². The molecule has 0 fully saturated rings. The third-order valence-corrected chi connectivity index (χ3v) is 3.19. The second-order valence-corrected chi connectivity index (χ2v) is 4.70. The van der Waals surface area contributed by atoms with Gasteiger partial charge >= 0.3 is 0 Å². The lowest BCUT2D eigenvalue weighted by Crippen LogP contribution is -2.12. The van der Waals surface area contributed by atoms with Crippen molar-refractivity contribution >= 4 is 0 Å². The van der Waals surface area contributed by atoms with Crippen LogP contribution in [0.3, 0.4) is 0 Å². The van der Waals surface area contributed by atoms with Crippen molar-refractivity contribution in [1.29, 1.82) is 0 Å². The Bertz CT molecular complexity index is 128. The maximum Gasteiger partial charge on any atom is 0.0571 e. The van der Waals surface area contributed by atoms with Crippen LogP contribution in [0, 0.1) is 0 Å². The first-order chi connectivity index (χ1) is 7.85. The third kappa shape index (κ3) is 10.4. The molecular weight excluding hydrogens is 198 g/mol. The zero-order chi connectivity index (χ0) is 12.1. The first kappa shape index (κ1) is 15.9. The molecule has 0 aliphatic rings. The lowest BCUT2D eigenvalue weighted by molar-refractivity contribution is 0.0843. The Morgan fingerprint density at radius 2 is 1.44 bits per heavy atom. The van der Waals surface area contributed by atoms with Gasteiger partial charge in [-0.25, -0.2) is 0 Å². The number of hydrogen-bond donors (Lipinski definition) is 1. The average molecular weight is 229 g/mol.